The van der Waals surface area contributed by atoms with Gasteiger partial charge in [-0.3, -0.25) is 4.79 Å². The van der Waals surface area contributed by atoms with E-state index >= 15 is 0 Å². The van der Waals surface area contributed by atoms with E-state index < -0.39 is 11.2 Å². The molecule has 2 heterocycles. The highest BCUT2D eigenvalue weighted by Crippen LogP contribution is 2.17. The minimum Gasteiger partial charge on any atom is -0.502 e. The molecular formula is C11H13N3O3S. The topological polar surface area (TPSA) is 88.2 Å². The first-order chi connectivity index (χ1) is 8.56. The highest BCUT2D eigenvalue weighted by Gasteiger charge is 2.08. The fraction of sp³-hybridized carbons (Fsp3) is 0.364. The highest BCUT2D eigenvalue weighted by atomic mass is 32.1. The molecular weight excluding hydrogens is 254 g/mol. The number of nitrogens with zero attached hydrogens (tertiary/aromatic N) is 2. The van der Waals surface area contributed by atoms with Crippen LogP contribution in [-0.4, -0.2) is 14.5 Å². The molecule has 7 heteroatoms. The molecule has 0 bridgehead atoms. The van der Waals surface area contributed by atoms with E-state index in [1.54, 1.807) is 0 Å². The molecule has 0 fully saturated rings. The van der Waals surface area contributed by atoms with Gasteiger partial charge in [0.1, 0.15) is 17.8 Å². The Kier molecular flexibility index (Phi) is 3.61. The average Bonchev–Trinajstić information content (AvgIpc) is 2.79. The zero-order chi connectivity index (χ0) is 13.1. The van der Waals surface area contributed by atoms with E-state index in [1.165, 1.54) is 17.6 Å². The van der Waals surface area contributed by atoms with E-state index in [1.807, 2.05) is 13.8 Å². The monoisotopic (exact) mass is 267 g/mol. The van der Waals surface area contributed by atoms with Crippen molar-refractivity contribution in [1.82, 2.24) is 9.36 Å². The second-order valence-electron chi connectivity index (χ2n) is 4.06. The van der Waals surface area contributed by atoms with Gasteiger partial charge in [0.2, 0.25) is 10.6 Å². The summed E-state index contributed by atoms with van der Waals surface area (Å²) in [6.07, 6.45) is 1.03. The van der Waals surface area contributed by atoms with E-state index in [0.29, 0.717) is 17.4 Å². The van der Waals surface area contributed by atoms with Crippen molar-refractivity contribution in [3.05, 3.63) is 34.1 Å². The van der Waals surface area contributed by atoms with E-state index in [9.17, 15) is 4.79 Å². The number of rotatable bonds is 4. The zero-order valence-corrected chi connectivity index (χ0v) is 10.8. The summed E-state index contributed by atoms with van der Waals surface area (Å²) in [6, 6.07) is 1.24. The number of anilines is 1. The lowest BCUT2D eigenvalue weighted by Gasteiger charge is -2.01. The van der Waals surface area contributed by atoms with Gasteiger partial charge in [-0.05, 0) is 0 Å². The second kappa shape index (κ2) is 5.18. The fourth-order valence-corrected chi connectivity index (χ4v) is 1.94. The minimum atomic E-state index is -0.460. The molecule has 0 aliphatic heterocycles. The van der Waals surface area contributed by atoms with Crippen LogP contribution in [0.3, 0.4) is 0 Å². The van der Waals surface area contributed by atoms with Crippen molar-refractivity contribution in [1.29, 1.82) is 0 Å². The number of nitrogens with one attached hydrogen (secondary N) is 1. The molecule has 2 rings (SSSR count). The number of hydrogen-bond donors (Lipinski definition) is 2. The van der Waals surface area contributed by atoms with E-state index in [2.05, 4.69) is 14.7 Å². The molecule has 0 aliphatic carbocycles. The third-order valence-corrected chi connectivity index (χ3v) is 2.93. The molecule has 96 valence electrons. The third-order valence-electron chi connectivity index (χ3n) is 2.24. The standard InChI is InChI=1S/C11H13N3O3S/c1-6(2)10-13-11(18-14-10)12-4-7-3-8(15)9(16)5-17-7/h3,5-6,16H,4H2,1-2H3,(H,12,13,14). The van der Waals surface area contributed by atoms with Crippen LogP contribution in [0, 0.1) is 0 Å². The van der Waals surface area contributed by atoms with Gasteiger partial charge in [-0.25, -0.2) is 4.98 Å². The first kappa shape index (κ1) is 12.6. The average molecular weight is 267 g/mol. The molecule has 0 saturated carbocycles. The summed E-state index contributed by atoms with van der Waals surface area (Å²) in [5.74, 6) is 1.11. The lowest BCUT2D eigenvalue weighted by molar-refractivity contribution is 0.415. The Labute approximate surface area is 107 Å². The van der Waals surface area contributed by atoms with Crippen LogP contribution in [-0.2, 0) is 6.54 Å². The van der Waals surface area contributed by atoms with Crippen LogP contribution in [0.5, 0.6) is 5.75 Å². The molecule has 0 atom stereocenters. The molecule has 2 N–H and O–H groups in total. The molecule has 0 spiro atoms. The van der Waals surface area contributed by atoms with Gasteiger partial charge in [0.15, 0.2) is 5.75 Å². The van der Waals surface area contributed by atoms with Crippen molar-refractivity contribution in [3.8, 4) is 5.75 Å². The van der Waals surface area contributed by atoms with Gasteiger partial charge in [-0.15, -0.1) is 0 Å². The summed E-state index contributed by atoms with van der Waals surface area (Å²) >= 11 is 1.26. The molecule has 0 saturated heterocycles. The van der Waals surface area contributed by atoms with Crippen molar-refractivity contribution in [2.75, 3.05) is 5.32 Å². The van der Waals surface area contributed by atoms with Crippen LogP contribution < -0.4 is 10.7 Å². The molecule has 2 aromatic heterocycles. The maximum atomic E-state index is 11.2. The molecule has 2 aromatic rings. The maximum absolute atomic E-state index is 11.2. The van der Waals surface area contributed by atoms with Crippen molar-refractivity contribution in [2.24, 2.45) is 0 Å². The first-order valence-corrected chi connectivity index (χ1v) is 6.21. The van der Waals surface area contributed by atoms with Crippen molar-refractivity contribution < 1.29 is 9.52 Å². The van der Waals surface area contributed by atoms with Gasteiger partial charge in [0, 0.05) is 23.5 Å². The van der Waals surface area contributed by atoms with Crippen LogP contribution in [0.2, 0.25) is 0 Å². The number of aromatic hydroxyl groups is 1. The van der Waals surface area contributed by atoms with Gasteiger partial charge >= 0.3 is 0 Å². The quantitative estimate of drug-likeness (QED) is 0.880. The van der Waals surface area contributed by atoms with Gasteiger partial charge < -0.3 is 14.8 Å². The lowest BCUT2D eigenvalue weighted by atomic mass is 10.2. The summed E-state index contributed by atoms with van der Waals surface area (Å²) in [6.45, 7) is 4.36. The molecule has 0 aliphatic rings. The first-order valence-electron chi connectivity index (χ1n) is 5.44. The fourth-order valence-electron chi connectivity index (χ4n) is 1.24. The van der Waals surface area contributed by atoms with Crippen LogP contribution in [0.15, 0.2) is 21.5 Å². The largest absolute Gasteiger partial charge is 0.502 e. The second-order valence-corrected chi connectivity index (χ2v) is 4.81. The molecule has 0 aromatic carbocycles. The van der Waals surface area contributed by atoms with E-state index in [4.69, 9.17) is 9.52 Å². The summed E-state index contributed by atoms with van der Waals surface area (Å²) in [5, 5.41) is 12.7. The SMILES string of the molecule is CC(C)c1nsc(NCc2cc(=O)c(O)co2)n1. The van der Waals surface area contributed by atoms with Crippen molar-refractivity contribution >= 4 is 16.7 Å². The Morgan fingerprint density at radius 3 is 2.94 bits per heavy atom. The minimum absolute atomic E-state index is 0.281. The molecule has 0 radical (unpaired) electrons. The summed E-state index contributed by atoms with van der Waals surface area (Å²) in [7, 11) is 0. The zero-order valence-electron chi connectivity index (χ0n) is 10.0. The predicted molar refractivity (Wildman–Crippen MR) is 68.0 cm³/mol. The van der Waals surface area contributed by atoms with Gasteiger partial charge in [0.05, 0.1) is 6.54 Å². The van der Waals surface area contributed by atoms with E-state index in [0.717, 1.165) is 12.1 Å². The van der Waals surface area contributed by atoms with E-state index in [-0.39, 0.29) is 5.92 Å². The Morgan fingerprint density at radius 1 is 1.56 bits per heavy atom. The summed E-state index contributed by atoms with van der Waals surface area (Å²) in [4.78, 5) is 15.5. The Morgan fingerprint density at radius 2 is 2.33 bits per heavy atom. The number of aromatic nitrogens is 2. The molecule has 0 amide bonds. The predicted octanol–water partition coefficient (Wildman–Crippen LogP) is 1.93. The summed E-state index contributed by atoms with van der Waals surface area (Å²) < 4.78 is 9.25. The highest BCUT2D eigenvalue weighted by molar-refractivity contribution is 7.09. The maximum Gasteiger partial charge on any atom is 0.226 e. The molecule has 18 heavy (non-hydrogen) atoms. The van der Waals surface area contributed by atoms with Crippen molar-refractivity contribution in [3.63, 3.8) is 0 Å². The number of hydrogen-bond acceptors (Lipinski definition) is 7. The van der Waals surface area contributed by atoms with Gasteiger partial charge in [-0.1, -0.05) is 13.8 Å². The van der Waals surface area contributed by atoms with Crippen LogP contribution in [0.1, 0.15) is 31.4 Å². The Bertz CT molecular complexity index is 591. The smallest absolute Gasteiger partial charge is 0.226 e. The Balaban J connectivity index is 2.02. The van der Waals surface area contributed by atoms with Crippen molar-refractivity contribution in [2.45, 2.75) is 26.3 Å². The van der Waals surface area contributed by atoms with Gasteiger partial charge in [0.25, 0.3) is 0 Å². The third kappa shape index (κ3) is 2.86. The normalized spacial score (nSPS) is 10.8. The van der Waals surface area contributed by atoms with Crippen LogP contribution in [0.4, 0.5) is 5.13 Å². The summed E-state index contributed by atoms with van der Waals surface area (Å²) in [5.41, 5.74) is -0.460. The lowest BCUT2D eigenvalue weighted by Crippen LogP contribution is -2.04. The molecule has 6 nitrogen and oxygen atoms in total. The Hall–Kier alpha value is -1.89. The van der Waals surface area contributed by atoms with Crippen LogP contribution in [0.25, 0.3) is 0 Å². The molecule has 0 unspecified atom stereocenters. The van der Waals surface area contributed by atoms with Crippen LogP contribution >= 0.6 is 11.5 Å². The van der Waals surface area contributed by atoms with Gasteiger partial charge in [-0.2, -0.15) is 4.37 Å².